The molecule has 0 radical (unpaired) electrons. The molecule has 3 fully saturated rings. The predicted octanol–water partition coefficient (Wildman–Crippen LogP) is 3.46. The number of hydrogen-bond donors (Lipinski definition) is 3. The number of nitrogens with zero attached hydrogens (tertiary/aromatic N) is 2. The van der Waals surface area contributed by atoms with Crippen LogP contribution in [-0.2, 0) is 27.4 Å². The molecule has 10 nitrogen and oxygen atoms in total. The number of nitrogens with two attached hydrogens (primary N) is 1. The second-order valence-corrected chi connectivity index (χ2v) is 16.2. The molecule has 54 heavy (non-hydrogen) atoms. The van der Waals surface area contributed by atoms with Crippen molar-refractivity contribution >= 4 is 26.2 Å². The van der Waals surface area contributed by atoms with E-state index in [-0.39, 0.29) is 59.9 Å². The van der Waals surface area contributed by atoms with Crippen molar-refractivity contribution in [1.82, 2.24) is 9.80 Å². The number of carbonyl (C=O) groups excluding carboxylic acids is 3. The Balaban J connectivity index is 0.000000451. The number of rotatable bonds is 6. The van der Waals surface area contributed by atoms with Crippen LogP contribution in [0.15, 0.2) is 60.7 Å². The summed E-state index contributed by atoms with van der Waals surface area (Å²) in [6.07, 6.45) is 4.06. The van der Waals surface area contributed by atoms with E-state index in [1.807, 2.05) is 102 Å². The first-order chi connectivity index (χ1) is 27.1. The van der Waals surface area contributed by atoms with Crippen molar-refractivity contribution in [3.63, 3.8) is 0 Å². The topological polar surface area (TPSA) is 143 Å². The summed E-state index contributed by atoms with van der Waals surface area (Å²) in [5.41, 5.74) is 6.62. The van der Waals surface area contributed by atoms with E-state index in [1.54, 1.807) is 9.80 Å². The van der Waals surface area contributed by atoms with Crippen LogP contribution in [0.1, 0.15) is 132 Å². The minimum absolute atomic E-state index is 0. The van der Waals surface area contributed by atoms with Gasteiger partial charge in [-0.25, -0.2) is 14.9 Å². The maximum atomic E-state index is 12.6. The number of carbonyl (C=O) groups is 3. The van der Waals surface area contributed by atoms with Crippen molar-refractivity contribution in [2.24, 2.45) is 5.73 Å². The molecule has 0 atom stereocenters. The van der Waals surface area contributed by atoms with Crippen LogP contribution in [-0.4, -0.2) is 93.1 Å². The molecule has 0 spiro atoms. The largest absolute Gasteiger partial charge is 1.00 e. The summed E-state index contributed by atoms with van der Waals surface area (Å²) in [5, 5.41) is 18.9. The Bertz CT molecular complexity index is 1550. The van der Waals surface area contributed by atoms with Gasteiger partial charge in [0.05, 0.1) is 14.9 Å². The average molecular weight is 768 g/mol. The standard InChI is InChI=1S/C18H27NO3.C18H25NO3.C6H13NO.BH4.Na/c2*1-18(2,3)22-17(21)19(13-14-7-5-4-6-8-14)15-9-11-16(20)12-10-15;7-5-1-3-6(8)4-2-5;;/h4-8,15-16,20H,9-13H2,1-3H3;4-8,15H,9-13H2,1-3H3;5-6,8H,1-4,7H2;1H4;/q;;;-1;+1/i16D;;6D;1D4;. The molecule has 0 saturated heterocycles. The van der Waals surface area contributed by atoms with Gasteiger partial charge in [0.15, 0.2) is 0 Å². The SMILES string of the molecule is CC(C)(C)OC(=O)N(Cc1ccccc1)C1CCC(=O)CC1.[2H]C1(O)CCC(N(Cc2ccccc2)C(=O)OC(C)(C)C)CC1.[2H]C1(O)CCC(N)CC1.[2H][B-]([2H])([2H])[2H].[Na+]. The average Bonchev–Trinajstić information content (AvgIpc) is 3.11. The smallest absolute Gasteiger partial charge is 0.444 e. The minimum atomic E-state index is -3.00. The Kier molecular flexibility index (Phi) is 17.9. The fourth-order valence-corrected chi connectivity index (χ4v) is 6.34. The molecule has 3 saturated carbocycles. The molecule has 298 valence electrons. The first kappa shape index (κ1) is 39.8. The van der Waals surface area contributed by atoms with Crippen molar-refractivity contribution in [3.8, 4) is 0 Å². The molecule has 4 N–H and O–H groups in total. The second kappa shape index (κ2) is 24.3. The van der Waals surface area contributed by atoms with Gasteiger partial charge in [0, 0.05) is 44.1 Å². The van der Waals surface area contributed by atoms with Crippen LogP contribution < -0.4 is 35.3 Å². The first-order valence-electron chi connectivity index (χ1n) is 22.2. The third kappa shape index (κ3) is 19.5. The maximum Gasteiger partial charge on any atom is 1.00 e. The summed E-state index contributed by atoms with van der Waals surface area (Å²) in [4.78, 5) is 40.2. The van der Waals surface area contributed by atoms with Crippen molar-refractivity contribution in [2.75, 3.05) is 0 Å². The zero-order valence-electron chi connectivity index (χ0n) is 39.9. The molecule has 5 rings (SSSR count). The van der Waals surface area contributed by atoms with Gasteiger partial charge >= 0.3 is 41.7 Å². The minimum Gasteiger partial charge on any atom is -0.444 e. The normalized spacial score (nSPS) is 26.1. The fourth-order valence-electron chi connectivity index (χ4n) is 6.34. The van der Waals surface area contributed by atoms with Crippen LogP contribution in [0.2, 0.25) is 0 Å². The molecule has 3 aliphatic rings. The van der Waals surface area contributed by atoms with Crippen LogP contribution in [0.3, 0.4) is 0 Å². The van der Waals surface area contributed by atoms with Gasteiger partial charge < -0.3 is 35.2 Å². The Morgan fingerprint density at radius 2 is 1.04 bits per heavy atom. The molecular weight excluding hydrogens is 692 g/mol. The molecule has 0 bridgehead atoms. The summed E-state index contributed by atoms with van der Waals surface area (Å²) in [6, 6.07) is 20.0. The zero-order valence-corrected chi connectivity index (χ0v) is 35.9. The Morgan fingerprint density at radius 1 is 0.704 bits per heavy atom. The van der Waals surface area contributed by atoms with Gasteiger partial charge in [0.2, 0.25) is 0 Å². The van der Waals surface area contributed by atoms with Gasteiger partial charge in [-0.05, 0) is 117 Å². The molecule has 12 heteroatoms. The molecule has 0 aromatic heterocycles. The maximum absolute atomic E-state index is 12.6. The van der Waals surface area contributed by atoms with E-state index in [0.29, 0.717) is 70.2 Å². The van der Waals surface area contributed by atoms with E-state index in [0.717, 1.165) is 36.8 Å². The van der Waals surface area contributed by atoms with E-state index in [2.05, 4.69) is 0 Å². The monoisotopic (exact) mass is 768 g/mol. The van der Waals surface area contributed by atoms with E-state index in [1.165, 1.54) is 0 Å². The third-order valence-corrected chi connectivity index (χ3v) is 9.18. The summed E-state index contributed by atoms with van der Waals surface area (Å²) >= 11 is 0. The second-order valence-electron chi connectivity index (χ2n) is 16.2. The van der Waals surface area contributed by atoms with Crippen LogP contribution in [0.4, 0.5) is 9.59 Å². The van der Waals surface area contributed by atoms with Crippen LogP contribution >= 0.6 is 0 Å². The van der Waals surface area contributed by atoms with Gasteiger partial charge in [-0.2, -0.15) is 0 Å². The predicted molar refractivity (Wildman–Crippen MR) is 216 cm³/mol. The Morgan fingerprint density at radius 3 is 1.37 bits per heavy atom. The summed E-state index contributed by atoms with van der Waals surface area (Å²) in [5.74, 6) is 0.292. The van der Waals surface area contributed by atoms with Gasteiger partial charge in [-0.1, -0.05) is 68.9 Å². The van der Waals surface area contributed by atoms with Crippen molar-refractivity contribution < 1.29 is 66.4 Å². The van der Waals surface area contributed by atoms with Crippen molar-refractivity contribution in [2.45, 2.75) is 173 Å². The number of benzene rings is 2. The molecule has 0 aliphatic heterocycles. The zero-order chi connectivity index (χ0) is 44.7. The van der Waals surface area contributed by atoms with Crippen molar-refractivity contribution in [1.29, 1.82) is 5.34 Å². The number of ketones is 1. The molecule has 2 aromatic carbocycles. The quantitative estimate of drug-likeness (QED) is 0.380. The van der Waals surface area contributed by atoms with Crippen LogP contribution in [0.5, 0.6) is 0 Å². The van der Waals surface area contributed by atoms with Gasteiger partial charge in [-0.15, -0.1) is 0 Å². The molecule has 0 unspecified atom stereocenters. The van der Waals surface area contributed by atoms with E-state index in [9.17, 15) is 19.5 Å². The Hall–Kier alpha value is -2.41. The first-order valence-corrected chi connectivity index (χ1v) is 18.9. The number of aliphatic hydroxyl groups is 2. The van der Waals surface area contributed by atoms with E-state index < -0.39 is 31.6 Å². The third-order valence-electron chi connectivity index (χ3n) is 9.18. The molecule has 0 heterocycles. The van der Waals surface area contributed by atoms with E-state index >= 15 is 0 Å². The number of Topliss-reactive ketones (excluding diaryl/α,β-unsaturated/α-hetero) is 1. The van der Waals surface area contributed by atoms with Gasteiger partial charge in [0.1, 0.15) is 17.0 Å². The fraction of sp³-hybridized carbons (Fsp3) is 0.643. The molecule has 3 aliphatic carbocycles. The van der Waals surface area contributed by atoms with Gasteiger partial charge in [0.25, 0.3) is 0 Å². The van der Waals surface area contributed by atoms with Crippen molar-refractivity contribution in [3.05, 3.63) is 71.8 Å². The molecular formula is C42H69BN3NaO7. The summed E-state index contributed by atoms with van der Waals surface area (Å²) < 4.78 is 50.1. The van der Waals surface area contributed by atoms with Crippen LogP contribution in [0.25, 0.3) is 0 Å². The number of amides is 2. The molecule has 2 aromatic rings. The van der Waals surface area contributed by atoms with E-state index in [4.69, 9.17) is 28.4 Å². The number of hydrogen-bond acceptors (Lipinski definition) is 8. The summed E-state index contributed by atoms with van der Waals surface area (Å²) in [6.45, 7) is 12.2. The number of ether oxygens (including phenoxy) is 2. The summed E-state index contributed by atoms with van der Waals surface area (Å²) in [7, 11) is -3.00. The van der Waals surface area contributed by atoms with Gasteiger partial charge in [-0.3, -0.25) is 4.79 Å². The Labute approximate surface area is 357 Å². The molecule has 2 amide bonds. The van der Waals surface area contributed by atoms with Crippen LogP contribution in [0, 0.1) is 0 Å².